The van der Waals surface area contributed by atoms with E-state index in [4.69, 9.17) is 24.5 Å². The Morgan fingerprint density at radius 2 is 1.94 bits per heavy atom. The van der Waals surface area contributed by atoms with Gasteiger partial charge in [0.15, 0.2) is 18.1 Å². The lowest BCUT2D eigenvalue weighted by molar-refractivity contribution is -0.149. The maximum atomic E-state index is 13.6. The van der Waals surface area contributed by atoms with Gasteiger partial charge in [0, 0.05) is 0 Å². The van der Waals surface area contributed by atoms with Crippen molar-refractivity contribution in [2.45, 2.75) is 65.8 Å². The summed E-state index contributed by atoms with van der Waals surface area (Å²) in [5.74, 6) is -1.06. The predicted octanol–water partition coefficient (Wildman–Crippen LogP) is 1.86. The Kier molecular flexibility index (Phi) is 9.51. The number of aromatic nitrogens is 4. The number of rotatable bonds is 13. The molecule has 0 fully saturated rings. The van der Waals surface area contributed by atoms with Crippen LogP contribution in [0.25, 0.3) is 11.2 Å². The molecular weight excluding hydrogens is 467 g/mol. The molecule has 2 aromatic heterocycles. The summed E-state index contributed by atoms with van der Waals surface area (Å²) < 4.78 is 36.5. The van der Waals surface area contributed by atoms with Crippen molar-refractivity contribution in [3.05, 3.63) is 12.7 Å². The van der Waals surface area contributed by atoms with Gasteiger partial charge >= 0.3 is 11.9 Å². The summed E-state index contributed by atoms with van der Waals surface area (Å²) in [4.78, 5) is 36.5. The molecule has 34 heavy (non-hydrogen) atoms. The molecule has 0 aliphatic heterocycles. The molecule has 0 radical (unpaired) electrons. The number of nitrogens with two attached hydrogens (primary N) is 1. The van der Waals surface area contributed by atoms with Crippen LogP contribution >= 0.6 is 7.52 Å². The molecular formula is C20H33N6O7P. The van der Waals surface area contributed by atoms with Gasteiger partial charge in [-0.1, -0.05) is 0 Å². The minimum absolute atomic E-state index is 0.149. The van der Waals surface area contributed by atoms with Gasteiger partial charge in [0.05, 0.1) is 31.7 Å². The van der Waals surface area contributed by atoms with E-state index in [-0.39, 0.29) is 18.5 Å². The van der Waals surface area contributed by atoms with Crippen molar-refractivity contribution in [1.29, 1.82) is 0 Å². The zero-order valence-electron chi connectivity index (χ0n) is 20.3. The predicted molar refractivity (Wildman–Crippen MR) is 124 cm³/mol. The topological polar surface area (TPSA) is 170 Å². The first kappa shape index (κ1) is 27.6. The molecule has 2 atom stereocenters. The molecule has 0 aliphatic carbocycles. The molecule has 13 nitrogen and oxygen atoms in total. The number of esters is 2. The normalized spacial score (nSPS) is 14.7. The Morgan fingerprint density at radius 1 is 1.24 bits per heavy atom. The summed E-state index contributed by atoms with van der Waals surface area (Å²) >= 11 is 0. The van der Waals surface area contributed by atoms with E-state index in [2.05, 4.69) is 20.0 Å². The van der Waals surface area contributed by atoms with E-state index in [0.717, 1.165) is 0 Å². The van der Waals surface area contributed by atoms with Gasteiger partial charge in [-0.05, 0) is 41.5 Å². The lowest BCUT2D eigenvalue weighted by atomic mass is 10.1. The van der Waals surface area contributed by atoms with Crippen LogP contribution in [-0.4, -0.2) is 68.8 Å². The highest BCUT2D eigenvalue weighted by Gasteiger charge is 2.39. The highest BCUT2D eigenvalue weighted by atomic mass is 31.2. The van der Waals surface area contributed by atoms with Crippen LogP contribution in [0.1, 0.15) is 41.5 Å². The van der Waals surface area contributed by atoms with Crippen LogP contribution in [0, 0.1) is 0 Å². The molecule has 2 heterocycles. The third-order valence-electron chi connectivity index (χ3n) is 4.41. The third-order valence-corrected chi connectivity index (χ3v) is 6.34. The fourth-order valence-electron chi connectivity index (χ4n) is 2.93. The maximum absolute atomic E-state index is 13.6. The maximum Gasteiger partial charge on any atom is 0.332 e. The minimum Gasteiger partial charge on any atom is -0.465 e. The van der Waals surface area contributed by atoms with Gasteiger partial charge in [0.25, 0.3) is 7.52 Å². The Bertz CT molecular complexity index is 1040. The summed E-state index contributed by atoms with van der Waals surface area (Å²) in [6.45, 7) is 9.66. The molecule has 0 saturated heterocycles. The van der Waals surface area contributed by atoms with Crippen molar-refractivity contribution in [2.24, 2.45) is 0 Å². The van der Waals surface area contributed by atoms with Gasteiger partial charge in [-0.25, -0.2) is 24.8 Å². The molecule has 0 aliphatic rings. The molecule has 0 spiro atoms. The number of nitrogens with zero attached hydrogens (tertiary/aromatic N) is 4. The van der Waals surface area contributed by atoms with Crippen LogP contribution in [-0.2, 0) is 39.4 Å². The van der Waals surface area contributed by atoms with Gasteiger partial charge in [-0.15, -0.1) is 0 Å². The van der Waals surface area contributed by atoms with E-state index in [1.165, 1.54) is 20.2 Å². The van der Waals surface area contributed by atoms with Crippen LogP contribution in [0.5, 0.6) is 0 Å². The second-order valence-corrected chi connectivity index (χ2v) is 10.5. The second kappa shape index (κ2) is 11.7. The monoisotopic (exact) mass is 500 g/mol. The SMILES string of the molecule is CCOC(=O)C(C)(C)NP(=O)(CO[C@H](C)Cn1cnc2c(N)ncnc21)OCC(=O)OC(C)C. The lowest BCUT2D eigenvalue weighted by Gasteiger charge is -2.30. The number of ether oxygens (including phenoxy) is 3. The molecule has 0 amide bonds. The van der Waals surface area contributed by atoms with Crippen LogP contribution < -0.4 is 10.8 Å². The van der Waals surface area contributed by atoms with E-state index in [1.54, 1.807) is 38.6 Å². The Morgan fingerprint density at radius 3 is 2.59 bits per heavy atom. The van der Waals surface area contributed by atoms with E-state index in [1.807, 2.05) is 0 Å². The Balaban J connectivity index is 2.11. The average Bonchev–Trinajstić information content (AvgIpc) is 3.14. The molecule has 0 aromatic carbocycles. The average molecular weight is 500 g/mol. The van der Waals surface area contributed by atoms with Crippen LogP contribution in [0.4, 0.5) is 5.82 Å². The van der Waals surface area contributed by atoms with Gasteiger partial charge in [0.1, 0.15) is 23.7 Å². The summed E-state index contributed by atoms with van der Waals surface area (Å²) in [5, 5.41) is 2.68. The number of carbonyl (C=O) groups is 2. The van der Waals surface area contributed by atoms with E-state index < -0.39 is 44.1 Å². The van der Waals surface area contributed by atoms with Crippen molar-refractivity contribution >= 4 is 36.4 Å². The first-order chi connectivity index (χ1) is 15.9. The molecule has 190 valence electrons. The smallest absolute Gasteiger partial charge is 0.332 e. The first-order valence-corrected chi connectivity index (χ1v) is 12.6. The van der Waals surface area contributed by atoms with Crippen LogP contribution in [0.2, 0.25) is 0 Å². The van der Waals surface area contributed by atoms with Crippen LogP contribution in [0.3, 0.4) is 0 Å². The minimum atomic E-state index is -3.86. The highest BCUT2D eigenvalue weighted by Crippen LogP contribution is 2.45. The van der Waals surface area contributed by atoms with Gasteiger partial charge in [-0.3, -0.25) is 9.36 Å². The molecule has 2 rings (SSSR count). The number of fused-ring (bicyclic) bond motifs is 1. The van der Waals surface area contributed by atoms with Crippen molar-refractivity contribution in [2.75, 3.05) is 25.3 Å². The number of hydrogen-bond acceptors (Lipinski definition) is 11. The van der Waals surface area contributed by atoms with E-state index >= 15 is 0 Å². The van der Waals surface area contributed by atoms with Crippen molar-refractivity contribution in [3.63, 3.8) is 0 Å². The highest BCUT2D eigenvalue weighted by molar-refractivity contribution is 7.56. The van der Waals surface area contributed by atoms with Gasteiger partial charge in [0.2, 0.25) is 0 Å². The second-order valence-electron chi connectivity index (χ2n) is 8.38. The zero-order valence-corrected chi connectivity index (χ0v) is 21.2. The number of hydrogen-bond donors (Lipinski definition) is 2. The molecule has 2 aromatic rings. The van der Waals surface area contributed by atoms with E-state index in [9.17, 15) is 14.2 Å². The fraction of sp³-hybridized carbons (Fsp3) is 0.650. The summed E-state index contributed by atoms with van der Waals surface area (Å²) in [6, 6.07) is 0. The molecule has 3 N–H and O–H groups in total. The van der Waals surface area contributed by atoms with Crippen molar-refractivity contribution in [1.82, 2.24) is 24.6 Å². The lowest BCUT2D eigenvalue weighted by Crippen LogP contribution is -2.47. The largest absolute Gasteiger partial charge is 0.465 e. The zero-order chi connectivity index (χ0) is 25.5. The van der Waals surface area contributed by atoms with Gasteiger partial charge in [-0.2, -0.15) is 0 Å². The van der Waals surface area contributed by atoms with Gasteiger partial charge < -0.3 is 29.0 Å². The Hall–Kier alpha value is -2.60. The number of nitrogen functional groups attached to an aromatic ring is 1. The van der Waals surface area contributed by atoms with Crippen LogP contribution in [0.15, 0.2) is 12.7 Å². The van der Waals surface area contributed by atoms with Crippen molar-refractivity contribution in [3.8, 4) is 0 Å². The summed E-state index contributed by atoms with van der Waals surface area (Å²) in [5.41, 5.74) is 5.44. The number of nitrogens with one attached hydrogen (secondary N) is 1. The Labute approximate surface area is 198 Å². The summed E-state index contributed by atoms with van der Waals surface area (Å²) in [7, 11) is -3.86. The fourth-order valence-corrected chi connectivity index (χ4v) is 4.84. The molecule has 0 saturated carbocycles. The summed E-state index contributed by atoms with van der Waals surface area (Å²) in [6.07, 6.45) is 1.63. The number of carbonyl (C=O) groups excluding carboxylic acids is 2. The molecule has 14 heteroatoms. The quantitative estimate of drug-likeness (QED) is 0.303. The van der Waals surface area contributed by atoms with Crippen molar-refractivity contribution < 1.29 is 32.9 Å². The molecule has 0 bridgehead atoms. The number of imidazole rings is 1. The first-order valence-electron chi connectivity index (χ1n) is 10.8. The molecule has 1 unspecified atom stereocenters. The third kappa shape index (κ3) is 7.73. The number of anilines is 1. The standard InChI is InChI=1S/C20H33N6O7P/c1-7-30-19(28)20(5,6)25-34(29,32-9-15(27)33-13(2)3)12-31-14(4)8-26-11-24-16-17(21)22-10-23-18(16)26/h10-11,13-14H,7-9,12H2,1-6H3,(H,25,29)(H2,21,22,23)/t14-,34?/m1/s1. The van der Waals surface area contributed by atoms with E-state index in [0.29, 0.717) is 17.7 Å².